The predicted octanol–water partition coefficient (Wildman–Crippen LogP) is 4.54. The van der Waals surface area contributed by atoms with E-state index in [0.29, 0.717) is 41.4 Å². The fourth-order valence-corrected chi connectivity index (χ4v) is 3.32. The summed E-state index contributed by atoms with van der Waals surface area (Å²) in [6.07, 6.45) is 2.34. The molecule has 7 nitrogen and oxygen atoms in total. The third-order valence-corrected chi connectivity index (χ3v) is 4.90. The highest BCUT2D eigenvalue weighted by Crippen LogP contribution is 2.35. The molecule has 0 spiro atoms. The maximum Gasteiger partial charge on any atom is 0.229 e. The lowest BCUT2D eigenvalue weighted by molar-refractivity contribution is 0.354. The van der Waals surface area contributed by atoms with Gasteiger partial charge in [0.1, 0.15) is 11.6 Å². The molecule has 0 radical (unpaired) electrons. The lowest BCUT2D eigenvalue weighted by Gasteiger charge is -2.18. The molecule has 0 aliphatic rings. The monoisotopic (exact) mass is 408 g/mol. The third-order valence-electron chi connectivity index (χ3n) is 4.90. The summed E-state index contributed by atoms with van der Waals surface area (Å²) >= 11 is 0. The minimum atomic E-state index is 0.313. The molecular weight excluding hydrogens is 380 g/mol. The van der Waals surface area contributed by atoms with Crippen molar-refractivity contribution in [1.29, 1.82) is 0 Å². The molecule has 0 aliphatic heterocycles. The summed E-state index contributed by atoms with van der Waals surface area (Å²) in [7, 11) is 4.89. The number of rotatable bonds is 8. The van der Waals surface area contributed by atoms with Gasteiger partial charge in [0.2, 0.25) is 5.95 Å². The zero-order chi connectivity index (χ0) is 21.7. The van der Waals surface area contributed by atoms with Crippen LogP contribution in [0.5, 0.6) is 17.2 Å². The van der Waals surface area contributed by atoms with Crippen molar-refractivity contribution in [2.24, 2.45) is 0 Å². The molecule has 1 aromatic heterocycles. The number of nitrogen functional groups attached to an aromatic ring is 1. The van der Waals surface area contributed by atoms with Crippen LogP contribution in [-0.4, -0.2) is 31.3 Å². The van der Waals surface area contributed by atoms with Gasteiger partial charge in [0, 0.05) is 18.2 Å². The first-order chi connectivity index (χ1) is 14.5. The Labute approximate surface area is 177 Å². The van der Waals surface area contributed by atoms with Gasteiger partial charge in [-0.3, -0.25) is 0 Å². The Kier molecular flexibility index (Phi) is 6.61. The van der Waals surface area contributed by atoms with E-state index in [1.807, 2.05) is 36.4 Å². The topological polar surface area (TPSA) is 91.5 Å². The van der Waals surface area contributed by atoms with Crippen LogP contribution in [-0.2, 0) is 6.42 Å². The number of nitrogens with zero attached hydrogens (tertiary/aromatic N) is 2. The van der Waals surface area contributed by atoms with Crippen molar-refractivity contribution in [2.45, 2.75) is 26.2 Å². The Hall–Kier alpha value is -3.48. The quantitative estimate of drug-likeness (QED) is 0.565. The fourth-order valence-electron chi connectivity index (χ4n) is 3.32. The number of nitrogens with two attached hydrogens (primary N) is 1. The Bertz CT molecular complexity index is 1020. The summed E-state index contributed by atoms with van der Waals surface area (Å²) in [5.41, 5.74) is 10.2. The van der Waals surface area contributed by atoms with E-state index in [1.165, 1.54) is 5.56 Å². The average Bonchev–Trinajstić information content (AvgIpc) is 2.75. The molecule has 0 unspecified atom stereocenters. The van der Waals surface area contributed by atoms with Gasteiger partial charge in [-0.05, 0) is 41.3 Å². The number of methoxy groups -OCH3 is 3. The lowest BCUT2D eigenvalue weighted by Crippen LogP contribution is -2.07. The summed E-state index contributed by atoms with van der Waals surface area (Å²) in [6.45, 7) is 4.29. The number of aromatic nitrogens is 2. The van der Waals surface area contributed by atoms with Gasteiger partial charge in [0.05, 0.1) is 27.0 Å². The van der Waals surface area contributed by atoms with Gasteiger partial charge < -0.3 is 25.3 Å². The molecule has 7 heteroatoms. The van der Waals surface area contributed by atoms with Gasteiger partial charge in [-0.15, -0.1) is 0 Å². The Morgan fingerprint density at radius 1 is 0.933 bits per heavy atom. The Morgan fingerprint density at radius 3 is 2.23 bits per heavy atom. The summed E-state index contributed by atoms with van der Waals surface area (Å²) in [4.78, 5) is 8.88. The lowest BCUT2D eigenvalue weighted by atomic mass is 9.92. The van der Waals surface area contributed by atoms with Crippen LogP contribution in [0, 0.1) is 0 Å². The highest BCUT2D eigenvalue weighted by Gasteiger charge is 2.16. The second kappa shape index (κ2) is 9.35. The summed E-state index contributed by atoms with van der Waals surface area (Å²) in [5.74, 6) is 3.25. The van der Waals surface area contributed by atoms with Crippen molar-refractivity contribution in [3.8, 4) is 17.2 Å². The van der Waals surface area contributed by atoms with Crippen LogP contribution in [0.25, 0.3) is 0 Å². The molecule has 0 bridgehead atoms. The SMILES string of the molecule is COc1ccccc1Nc1ncc(Cc2cc(OC)c(OC)cc2C(C)C)c(N)n1. The largest absolute Gasteiger partial charge is 0.495 e. The van der Waals surface area contributed by atoms with Crippen LogP contribution in [0.15, 0.2) is 42.6 Å². The first-order valence-electron chi connectivity index (χ1n) is 9.73. The smallest absolute Gasteiger partial charge is 0.229 e. The number of anilines is 3. The molecule has 0 amide bonds. The van der Waals surface area contributed by atoms with Gasteiger partial charge in [0.25, 0.3) is 0 Å². The standard InChI is InChI=1S/C23H28N4O3/c1-14(2)17-12-21(30-5)20(29-4)11-15(17)10-16-13-25-23(27-22(16)24)26-18-8-6-7-9-19(18)28-3/h6-9,11-14H,10H2,1-5H3,(H3,24,25,26,27). The minimum Gasteiger partial charge on any atom is -0.495 e. The number of hydrogen-bond acceptors (Lipinski definition) is 7. The van der Waals surface area contributed by atoms with E-state index in [2.05, 4.69) is 29.1 Å². The Morgan fingerprint density at radius 2 is 1.60 bits per heavy atom. The summed E-state index contributed by atoms with van der Waals surface area (Å²) < 4.78 is 16.3. The number of para-hydroxylation sites is 2. The van der Waals surface area contributed by atoms with Gasteiger partial charge >= 0.3 is 0 Å². The predicted molar refractivity (Wildman–Crippen MR) is 119 cm³/mol. The Balaban J connectivity index is 1.89. The van der Waals surface area contributed by atoms with Crippen LogP contribution < -0.4 is 25.3 Å². The second-order valence-corrected chi connectivity index (χ2v) is 7.17. The van der Waals surface area contributed by atoms with Crippen molar-refractivity contribution >= 4 is 17.5 Å². The van der Waals surface area contributed by atoms with Crippen LogP contribution in [0.1, 0.15) is 36.5 Å². The maximum absolute atomic E-state index is 6.27. The summed E-state index contributed by atoms with van der Waals surface area (Å²) in [5, 5.41) is 3.15. The normalized spacial score (nSPS) is 10.7. The molecule has 0 fully saturated rings. The molecule has 0 saturated heterocycles. The van der Waals surface area contributed by atoms with E-state index >= 15 is 0 Å². The molecular formula is C23H28N4O3. The first-order valence-corrected chi connectivity index (χ1v) is 9.73. The van der Waals surface area contributed by atoms with Crippen molar-refractivity contribution < 1.29 is 14.2 Å². The van der Waals surface area contributed by atoms with E-state index in [0.717, 1.165) is 16.8 Å². The minimum absolute atomic E-state index is 0.313. The molecule has 158 valence electrons. The number of hydrogen-bond donors (Lipinski definition) is 2. The number of ether oxygens (including phenoxy) is 3. The van der Waals surface area contributed by atoms with Gasteiger partial charge in [-0.25, -0.2) is 4.98 Å². The van der Waals surface area contributed by atoms with Crippen LogP contribution >= 0.6 is 0 Å². The average molecular weight is 409 g/mol. The van der Waals surface area contributed by atoms with Gasteiger partial charge in [0.15, 0.2) is 11.5 Å². The van der Waals surface area contributed by atoms with Gasteiger partial charge in [-0.2, -0.15) is 4.98 Å². The van der Waals surface area contributed by atoms with Crippen molar-refractivity contribution in [2.75, 3.05) is 32.4 Å². The van der Waals surface area contributed by atoms with Crippen molar-refractivity contribution in [3.05, 3.63) is 59.3 Å². The van der Waals surface area contributed by atoms with Crippen molar-refractivity contribution in [3.63, 3.8) is 0 Å². The molecule has 0 saturated carbocycles. The van der Waals surface area contributed by atoms with Crippen LogP contribution in [0.3, 0.4) is 0 Å². The zero-order valence-corrected chi connectivity index (χ0v) is 18.0. The van der Waals surface area contributed by atoms with Crippen molar-refractivity contribution in [1.82, 2.24) is 9.97 Å². The molecule has 0 atom stereocenters. The van der Waals surface area contributed by atoms with E-state index < -0.39 is 0 Å². The third kappa shape index (κ3) is 4.56. The van der Waals surface area contributed by atoms with Crippen LogP contribution in [0.4, 0.5) is 17.5 Å². The number of benzene rings is 2. The highest BCUT2D eigenvalue weighted by atomic mass is 16.5. The fraction of sp³-hybridized carbons (Fsp3) is 0.304. The molecule has 3 N–H and O–H groups in total. The van der Waals surface area contributed by atoms with Gasteiger partial charge in [-0.1, -0.05) is 26.0 Å². The molecule has 3 rings (SSSR count). The zero-order valence-electron chi connectivity index (χ0n) is 18.0. The van der Waals surface area contributed by atoms with E-state index in [4.69, 9.17) is 19.9 Å². The summed E-state index contributed by atoms with van der Waals surface area (Å²) in [6, 6.07) is 11.6. The van der Waals surface area contributed by atoms with E-state index in [-0.39, 0.29) is 0 Å². The second-order valence-electron chi connectivity index (χ2n) is 7.17. The molecule has 1 heterocycles. The molecule has 30 heavy (non-hydrogen) atoms. The first kappa shape index (κ1) is 21.2. The number of nitrogens with one attached hydrogen (secondary N) is 1. The highest BCUT2D eigenvalue weighted by molar-refractivity contribution is 5.63. The molecule has 0 aliphatic carbocycles. The maximum atomic E-state index is 6.27. The van der Waals surface area contributed by atoms with Crippen LogP contribution in [0.2, 0.25) is 0 Å². The van der Waals surface area contributed by atoms with E-state index in [1.54, 1.807) is 27.5 Å². The molecule has 3 aromatic rings. The van der Waals surface area contributed by atoms with E-state index in [9.17, 15) is 0 Å². The molecule has 2 aromatic carbocycles.